The topological polar surface area (TPSA) is 83.1 Å². The van der Waals surface area contributed by atoms with Gasteiger partial charge in [-0.1, -0.05) is 19.8 Å². The Kier molecular flexibility index (Phi) is 8.61. The number of hydrogen-bond acceptors (Lipinski definition) is 6. The fourth-order valence-corrected chi connectivity index (χ4v) is 3.67. The largest absolute Gasteiger partial charge is 0.493 e. The maximum atomic E-state index is 12.4. The molecular weight excluding hydrogens is 374 g/mol. The second-order valence-corrected chi connectivity index (χ2v) is 7.54. The van der Waals surface area contributed by atoms with Crippen molar-refractivity contribution in [1.82, 2.24) is 5.32 Å². The van der Waals surface area contributed by atoms with Crippen molar-refractivity contribution < 1.29 is 28.5 Å². The average molecular weight is 408 g/mol. The van der Waals surface area contributed by atoms with Crippen molar-refractivity contribution in [3.63, 3.8) is 0 Å². The Bertz CT molecular complexity index is 680. The molecule has 1 aromatic carbocycles. The van der Waals surface area contributed by atoms with E-state index in [1.54, 1.807) is 33.3 Å². The first-order chi connectivity index (χ1) is 13.9. The highest BCUT2D eigenvalue weighted by molar-refractivity contribution is 5.83. The maximum Gasteiger partial charge on any atom is 0.306 e. The van der Waals surface area contributed by atoms with Crippen LogP contribution in [0, 0.1) is 5.92 Å². The predicted octanol–water partition coefficient (Wildman–Crippen LogP) is 3.27. The lowest BCUT2D eigenvalue weighted by molar-refractivity contribution is -0.155. The summed E-state index contributed by atoms with van der Waals surface area (Å²) in [6, 6.07) is 3.77. The summed E-state index contributed by atoms with van der Waals surface area (Å²) in [5.74, 6) is 1.37. The molecule has 0 bridgehead atoms. The number of hydrogen-bond donors (Lipinski definition) is 1. The molecule has 0 aromatic heterocycles. The number of carbonyl (C=O) groups is 2. The molecule has 162 valence electrons. The Labute approximate surface area is 173 Å². The van der Waals surface area contributed by atoms with Gasteiger partial charge in [0.05, 0.1) is 21.3 Å². The molecule has 0 spiro atoms. The van der Waals surface area contributed by atoms with Gasteiger partial charge in [-0.25, -0.2) is 0 Å². The number of amides is 1. The van der Waals surface area contributed by atoms with E-state index in [1.807, 2.05) is 0 Å². The SMILES string of the molecule is COc1cc(CCC(=O)O[C@H](C)C(=O)N[C@@H]2CCCC[C@@H]2C)cc(OC)c1OC. The van der Waals surface area contributed by atoms with Gasteiger partial charge in [-0.15, -0.1) is 0 Å². The molecule has 0 unspecified atom stereocenters. The minimum atomic E-state index is -0.809. The van der Waals surface area contributed by atoms with Crippen LogP contribution in [0.5, 0.6) is 17.2 Å². The summed E-state index contributed by atoms with van der Waals surface area (Å²) in [7, 11) is 4.63. The lowest BCUT2D eigenvalue weighted by Crippen LogP contribution is -2.46. The van der Waals surface area contributed by atoms with Gasteiger partial charge in [-0.05, 0) is 49.8 Å². The van der Waals surface area contributed by atoms with E-state index in [-0.39, 0.29) is 18.4 Å². The Hall–Kier alpha value is -2.44. The van der Waals surface area contributed by atoms with Crippen LogP contribution in [0.25, 0.3) is 0 Å². The number of nitrogens with one attached hydrogen (secondary N) is 1. The van der Waals surface area contributed by atoms with Crippen LogP contribution in [0.1, 0.15) is 51.5 Å². The highest BCUT2D eigenvalue weighted by Crippen LogP contribution is 2.38. The molecule has 1 fully saturated rings. The molecule has 2 rings (SSSR count). The van der Waals surface area contributed by atoms with Crippen molar-refractivity contribution >= 4 is 11.9 Å². The number of esters is 1. The summed E-state index contributed by atoms with van der Waals surface area (Å²) in [5, 5.41) is 3.03. The molecule has 1 amide bonds. The normalized spacial score (nSPS) is 19.8. The molecule has 3 atom stereocenters. The van der Waals surface area contributed by atoms with Crippen molar-refractivity contribution in [3.05, 3.63) is 17.7 Å². The van der Waals surface area contributed by atoms with E-state index in [9.17, 15) is 9.59 Å². The summed E-state index contributed by atoms with van der Waals surface area (Å²) < 4.78 is 21.3. The summed E-state index contributed by atoms with van der Waals surface area (Å²) in [4.78, 5) is 24.6. The highest BCUT2D eigenvalue weighted by atomic mass is 16.5. The zero-order chi connectivity index (χ0) is 21.4. The van der Waals surface area contributed by atoms with Gasteiger partial charge in [-0.3, -0.25) is 9.59 Å². The maximum absolute atomic E-state index is 12.4. The van der Waals surface area contributed by atoms with Crippen LogP contribution in [0.4, 0.5) is 0 Å². The molecule has 7 nitrogen and oxygen atoms in total. The van der Waals surface area contributed by atoms with Crippen LogP contribution in [-0.4, -0.2) is 45.4 Å². The second-order valence-electron chi connectivity index (χ2n) is 7.54. The van der Waals surface area contributed by atoms with Crippen LogP contribution in [-0.2, 0) is 20.7 Å². The van der Waals surface area contributed by atoms with E-state index in [2.05, 4.69) is 12.2 Å². The van der Waals surface area contributed by atoms with Gasteiger partial charge in [0.25, 0.3) is 5.91 Å². The van der Waals surface area contributed by atoms with Gasteiger partial charge in [0.2, 0.25) is 5.75 Å². The molecule has 0 radical (unpaired) electrons. The first-order valence-corrected chi connectivity index (χ1v) is 10.2. The van der Waals surface area contributed by atoms with Gasteiger partial charge < -0.3 is 24.3 Å². The molecule has 1 saturated carbocycles. The third-order valence-electron chi connectivity index (χ3n) is 5.46. The van der Waals surface area contributed by atoms with Crippen molar-refractivity contribution in [2.45, 2.75) is 64.5 Å². The van der Waals surface area contributed by atoms with Gasteiger partial charge in [0, 0.05) is 12.5 Å². The van der Waals surface area contributed by atoms with Crippen molar-refractivity contribution in [2.75, 3.05) is 21.3 Å². The number of benzene rings is 1. The van der Waals surface area contributed by atoms with E-state index in [0.29, 0.717) is 29.6 Å². The molecule has 1 aromatic rings. The molecule has 0 heterocycles. The van der Waals surface area contributed by atoms with Crippen molar-refractivity contribution in [1.29, 1.82) is 0 Å². The fourth-order valence-electron chi connectivity index (χ4n) is 3.67. The van der Waals surface area contributed by atoms with Gasteiger partial charge in [-0.2, -0.15) is 0 Å². The molecule has 29 heavy (non-hydrogen) atoms. The van der Waals surface area contributed by atoms with E-state index in [1.165, 1.54) is 13.5 Å². The third-order valence-corrected chi connectivity index (χ3v) is 5.46. The molecule has 7 heteroatoms. The fraction of sp³-hybridized carbons (Fsp3) is 0.636. The molecule has 1 N–H and O–H groups in total. The number of aryl methyl sites for hydroxylation is 1. The third kappa shape index (κ3) is 6.27. The lowest BCUT2D eigenvalue weighted by atomic mass is 9.86. The quantitative estimate of drug-likeness (QED) is 0.633. The number of rotatable bonds is 9. The Morgan fingerprint density at radius 3 is 2.24 bits per heavy atom. The molecule has 0 aliphatic heterocycles. The van der Waals surface area contributed by atoms with E-state index in [0.717, 1.165) is 24.8 Å². The van der Waals surface area contributed by atoms with E-state index >= 15 is 0 Å². The molecule has 0 saturated heterocycles. The van der Waals surface area contributed by atoms with Crippen LogP contribution in [0.3, 0.4) is 0 Å². The predicted molar refractivity (Wildman–Crippen MR) is 110 cm³/mol. The summed E-state index contributed by atoms with van der Waals surface area (Å²) in [6.07, 6.45) is 4.20. The standard InChI is InChI=1S/C22H33NO6/c1-14-8-6-7-9-17(14)23-22(25)15(2)29-20(24)11-10-16-12-18(26-3)21(28-5)19(13-16)27-4/h12-15,17H,6-11H2,1-5H3,(H,23,25)/t14-,15+,17+/m0/s1. The second kappa shape index (κ2) is 10.9. The Morgan fingerprint density at radius 2 is 1.69 bits per heavy atom. The summed E-state index contributed by atoms with van der Waals surface area (Å²) >= 11 is 0. The van der Waals surface area contributed by atoms with Crippen molar-refractivity contribution in [3.8, 4) is 17.2 Å². The lowest BCUT2D eigenvalue weighted by Gasteiger charge is -2.30. The smallest absolute Gasteiger partial charge is 0.306 e. The van der Waals surface area contributed by atoms with E-state index in [4.69, 9.17) is 18.9 Å². The Balaban J connectivity index is 1.88. The minimum Gasteiger partial charge on any atom is -0.493 e. The molecular formula is C22H33NO6. The highest BCUT2D eigenvalue weighted by Gasteiger charge is 2.26. The van der Waals surface area contributed by atoms with Crippen LogP contribution >= 0.6 is 0 Å². The van der Waals surface area contributed by atoms with Crippen LogP contribution < -0.4 is 19.5 Å². The van der Waals surface area contributed by atoms with Gasteiger partial charge in [0.15, 0.2) is 17.6 Å². The van der Waals surface area contributed by atoms with Crippen molar-refractivity contribution in [2.24, 2.45) is 5.92 Å². The van der Waals surface area contributed by atoms with Gasteiger partial charge >= 0.3 is 5.97 Å². The first-order valence-electron chi connectivity index (χ1n) is 10.2. The molecule has 1 aliphatic carbocycles. The monoisotopic (exact) mass is 407 g/mol. The first kappa shape index (κ1) is 22.8. The molecule has 1 aliphatic rings. The number of carbonyl (C=O) groups excluding carboxylic acids is 2. The average Bonchev–Trinajstić information content (AvgIpc) is 2.72. The van der Waals surface area contributed by atoms with Crippen LogP contribution in [0.2, 0.25) is 0 Å². The van der Waals surface area contributed by atoms with Gasteiger partial charge in [0.1, 0.15) is 0 Å². The summed E-state index contributed by atoms with van der Waals surface area (Å²) in [5.41, 5.74) is 0.851. The number of ether oxygens (including phenoxy) is 4. The number of methoxy groups -OCH3 is 3. The zero-order valence-corrected chi connectivity index (χ0v) is 18.1. The summed E-state index contributed by atoms with van der Waals surface area (Å²) in [6.45, 7) is 3.76. The Morgan fingerprint density at radius 1 is 1.07 bits per heavy atom. The van der Waals surface area contributed by atoms with E-state index < -0.39 is 12.1 Å². The van der Waals surface area contributed by atoms with Crippen LogP contribution in [0.15, 0.2) is 12.1 Å². The minimum absolute atomic E-state index is 0.149. The zero-order valence-electron chi connectivity index (χ0n) is 18.1.